The molecule has 2 N–H and O–H groups in total. The van der Waals surface area contributed by atoms with Crippen LogP contribution in [0.1, 0.15) is 48.3 Å². The fourth-order valence-corrected chi connectivity index (χ4v) is 4.48. The van der Waals surface area contributed by atoms with E-state index in [-0.39, 0.29) is 23.2 Å². The van der Waals surface area contributed by atoms with Gasteiger partial charge in [-0.05, 0) is 66.4 Å². The summed E-state index contributed by atoms with van der Waals surface area (Å²) in [5.41, 5.74) is 3.62. The second-order valence-electron chi connectivity index (χ2n) is 8.88. The summed E-state index contributed by atoms with van der Waals surface area (Å²) in [5, 5.41) is 11.4. The lowest BCUT2D eigenvalue weighted by atomic mass is 9.95. The number of Topliss-reactive ketones (excluding diaryl/α,β-unsaturated/α-hetero) is 1. The van der Waals surface area contributed by atoms with Crippen LogP contribution in [-0.2, 0) is 9.59 Å². The number of anilines is 1. The van der Waals surface area contributed by atoms with Gasteiger partial charge in [0, 0.05) is 5.56 Å². The summed E-state index contributed by atoms with van der Waals surface area (Å²) in [6.45, 7) is 5.97. The van der Waals surface area contributed by atoms with Crippen LogP contribution in [0.4, 0.5) is 5.95 Å². The van der Waals surface area contributed by atoms with Gasteiger partial charge in [0.15, 0.2) is 0 Å². The number of methoxy groups -OCH3 is 1. The lowest BCUT2D eigenvalue weighted by molar-refractivity contribution is -0.132. The Balaban J connectivity index is 1.70. The fraction of sp³-hybridized carbons (Fsp3) is 0.222. The van der Waals surface area contributed by atoms with Gasteiger partial charge < -0.3 is 19.2 Å². The van der Waals surface area contributed by atoms with Crippen molar-refractivity contribution in [2.75, 3.05) is 12.0 Å². The van der Waals surface area contributed by atoms with Crippen LogP contribution in [0.5, 0.6) is 5.75 Å². The number of amides is 1. The molecule has 1 saturated heterocycles. The fourth-order valence-electron chi connectivity index (χ4n) is 4.48. The molecule has 1 unspecified atom stereocenters. The van der Waals surface area contributed by atoms with Crippen molar-refractivity contribution >= 4 is 34.4 Å². The van der Waals surface area contributed by atoms with E-state index in [0.717, 1.165) is 16.6 Å². The van der Waals surface area contributed by atoms with Crippen LogP contribution in [0.2, 0.25) is 0 Å². The van der Waals surface area contributed by atoms with Crippen molar-refractivity contribution in [1.82, 2.24) is 9.97 Å². The van der Waals surface area contributed by atoms with E-state index in [1.165, 1.54) is 11.2 Å². The largest absolute Gasteiger partial charge is 0.507 e. The number of rotatable bonds is 5. The van der Waals surface area contributed by atoms with Gasteiger partial charge in [0.2, 0.25) is 5.95 Å². The number of hydrogen-bond acceptors (Lipinski definition) is 6. The predicted octanol–water partition coefficient (Wildman–Crippen LogP) is 5.22. The predicted molar refractivity (Wildman–Crippen MR) is 131 cm³/mol. The quantitative estimate of drug-likeness (QED) is 0.235. The number of carbonyl (C=O) groups is 2. The number of ether oxygens (including phenoxy) is 1. The van der Waals surface area contributed by atoms with Crippen molar-refractivity contribution < 1.29 is 23.8 Å². The molecule has 0 aliphatic carbocycles. The third-order valence-corrected chi connectivity index (χ3v) is 6.24. The van der Waals surface area contributed by atoms with Gasteiger partial charge in [0.1, 0.15) is 23.3 Å². The Morgan fingerprint density at radius 2 is 1.97 bits per heavy atom. The molecule has 0 saturated carbocycles. The molecule has 2 aromatic carbocycles. The first kappa shape index (κ1) is 22.5. The Morgan fingerprint density at radius 1 is 1.17 bits per heavy atom. The van der Waals surface area contributed by atoms with Crippen LogP contribution < -0.4 is 9.64 Å². The Hall–Kier alpha value is -4.33. The molecular formula is C27H25N3O5. The number of aromatic nitrogens is 2. The van der Waals surface area contributed by atoms with Crippen LogP contribution in [0, 0.1) is 6.92 Å². The second kappa shape index (κ2) is 8.47. The molecule has 8 heteroatoms. The highest BCUT2D eigenvalue weighted by atomic mass is 16.5. The van der Waals surface area contributed by atoms with E-state index in [1.807, 2.05) is 39.0 Å². The number of aryl methyl sites for hydroxylation is 1. The third-order valence-electron chi connectivity index (χ3n) is 6.24. The topological polar surface area (TPSA) is 109 Å². The molecule has 35 heavy (non-hydrogen) atoms. The van der Waals surface area contributed by atoms with E-state index >= 15 is 0 Å². The molecule has 1 aliphatic heterocycles. The minimum atomic E-state index is -0.990. The van der Waals surface area contributed by atoms with Gasteiger partial charge in [0.05, 0.1) is 30.0 Å². The van der Waals surface area contributed by atoms with Crippen molar-refractivity contribution in [2.24, 2.45) is 0 Å². The molecule has 3 heterocycles. The van der Waals surface area contributed by atoms with Gasteiger partial charge in [-0.25, -0.2) is 4.98 Å². The van der Waals surface area contributed by atoms with Crippen molar-refractivity contribution in [3.8, 4) is 5.75 Å². The van der Waals surface area contributed by atoms with Gasteiger partial charge in [-0.15, -0.1) is 0 Å². The third kappa shape index (κ3) is 3.67. The number of fused-ring (bicyclic) bond motifs is 1. The number of nitrogens with one attached hydrogen (secondary N) is 1. The summed E-state index contributed by atoms with van der Waals surface area (Å²) in [4.78, 5) is 35.5. The smallest absolute Gasteiger partial charge is 0.302 e. The van der Waals surface area contributed by atoms with Crippen LogP contribution in [0.15, 0.2) is 64.8 Å². The van der Waals surface area contributed by atoms with E-state index < -0.39 is 17.7 Å². The molecule has 4 aromatic rings. The average molecular weight is 472 g/mol. The molecule has 178 valence electrons. The van der Waals surface area contributed by atoms with Gasteiger partial charge in [-0.1, -0.05) is 19.9 Å². The molecule has 5 rings (SSSR count). The number of H-pyrrole nitrogens is 1. The highest BCUT2D eigenvalue weighted by molar-refractivity contribution is 6.51. The molecule has 1 fully saturated rings. The summed E-state index contributed by atoms with van der Waals surface area (Å²) in [7, 11) is 1.58. The second-order valence-corrected chi connectivity index (χ2v) is 8.88. The maximum absolute atomic E-state index is 13.3. The molecule has 0 bridgehead atoms. The summed E-state index contributed by atoms with van der Waals surface area (Å²) >= 11 is 0. The minimum Gasteiger partial charge on any atom is -0.507 e. The first-order valence-electron chi connectivity index (χ1n) is 11.3. The number of aromatic amines is 1. The van der Waals surface area contributed by atoms with E-state index in [2.05, 4.69) is 9.97 Å². The van der Waals surface area contributed by atoms with Crippen molar-refractivity contribution in [1.29, 1.82) is 0 Å². The summed E-state index contributed by atoms with van der Waals surface area (Å²) in [6, 6.07) is 13.2. The molecular weight excluding hydrogens is 446 g/mol. The maximum atomic E-state index is 13.3. The summed E-state index contributed by atoms with van der Waals surface area (Å²) < 4.78 is 11.1. The van der Waals surface area contributed by atoms with Gasteiger partial charge >= 0.3 is 5.91 Å². The molecule has 1 aliphatic rings. The lowest BCUT2D eigenvalue weighted by Crippen LogP contribution is -2.30. The molecule has 8 nitrogen and oxygen atoms in total. The highest BCUT2D eigenvalue weighted by Gasteiger charge is 2.49. The number of aliphatic hydroxyl groups is 1. The first-order chi connectivity index (χ1) is 16.8. The normalized spacial score (nSPS) is 17.6. The number of furan rings is 1. The number of aliphatic hydroxyl groups excluding tert-OH is 1. The number of imidazole rings is 1. The Kier molecular flexibility index (Phi) is 5.43. The number of nitrogens with zero attached hydrogens (tertiary/aromatic N) is 2. The van der Waals surface area contributed by atoms with E-state index in [0.29, 0.717) is 22.6 Å². The molecule has 0 radical (unpaired) electrons. The summed E-state index contributed by atoms with van der Waals surface area (Å²) in [6.07, 6.45) is 1.46. The Morgan fingerprint density at radius 3 is 2.66 bits per heavy atom. The zero-order valence-electron chi connectivity index (χ0n) is 19.8. The minimum absolute atomic E-state index is 0.0681. The van der Waals surface area contributed by atoms with Crippen molar-refractivity contribution in [2.45, 2.75) is 32.7 Å². The number of ketones is 1. The number of carbonyl (C=O) groups excluding carboxylic acids is 2. The zero-order chi connectivity index (χ0) is 24.9. The first-order valence-corrected chi connectivity index (χ1v) is 11.3. The SMILES string of the molecule is COc1ccc(/C(O)=C2\C(=O)C(=O)N(c3nc4ccc(C)cc4[nH]3)C2c2ccco2)cc1C(C)C. The highest BCUT2D eigenvalue weighted by Crippen LogP contribution is 2.42. The van der Waals surface area contributed by atoms with Gasteiger partial charge in [-0.3, -0.25) is 14.5 Å². The Bertz CT molecular complexity index is 1480. The molecule has 0 spiro atoms. The lowest BCUT2D eigenvalue weighted by Gasteiger charge is -2.21. The monoisotopic (exact) mass is 471 g/mol. The molecule has 1 amide bonds. The van der Waals surface area contributed by atoms with Gasteiger partial charge in [-0.2, -0.15) is 0 Å². The van der Waals surface area contributed by atoms with Gasteiger partial charge in [0.25, 0.3) is 5.78 Å². The average Bonchev–Trinajstić information content (AvgIpc) is 3.56. The van der Waals surface area contributed by atoms with Crippen LogP contribution >= 0.6 is 0 Å². The van der Waals surface area contributed by atoms with E-state index in [1.54, 1.807) is 37.4 Å². The van der Waals surface area contributed by atoms with Crippen LogP contribution in [0.25, 0.3) is 16.8 Å². The summed E-state index contributed by atoms with van der Waals surface area (Å²) in [5.74, 6) is -0.588. The van der Waals surface area contributed by atoms with Crippen molar-refractivity contribution in [3.63, 3.8) is 0 Å². The number of benzene rings is 2. The van der Waals surface area contributed by atoms with E-state index in [9.17, 15) is 14.7 Å². The van der Waals surface area contributed by atoms with E-state index in [4.69, 9.17) is 9.15 Å². The van der Waals surface area contributed by atoms with Crippen LogP contribution in [0.3, 0.4) is 0 Å². The Labute approximate surface area is 201 Å². The number of hydrogen-bond donors (Lipinski definition) is 2. The van der Waals surface area contributed by atoms with Crippen molar-refractivity contribution in [3.05, 3.63) is 82.8 Å². The maximum Gasteiger partial charge on any atom is 0.302 e. The van der Waals surface area contributed by atoms with Crippen LogP contribution in [-0.4, -0.2) is 33.9 Å². The standard InChI is InChI=1S/C27H25N3O5/c1-14(2)17-13-16(8-10-20(17)34-4)24(31)22-23(21-6-5-11-35-21)30(26(33)25(22)32)27-28-18-9-7-15(3)12-19(18)29-27/h5-14,23,31H,1-4H3,(H,28,29)/b24-22+. The molecule has 2 aromatic heterocycles. The zero-order valence-corrected chi connectivity index (χ0v) is 19.8. The molecule has 1 atom stereocenters.